The lowest BCUT2D eigenvalue weighted by atomic mass is 9.76. The third kappa shape index (κ3) is 2.12. The van der Waals surface area contributed by atoms with E-state index in [0.29, 0.717) is 6.04 Å². The Balaban J connectivity index is 1.95. The molecule has 4 heteroatoms. The van der Waals surface area contributed by atoms with Gasteiger partial charge >= 0.3 is 5.97 Å². The van der Waals surface area contributed by atoms with Gasteiger partial charge in [-0.3, -0.25) is 9.69 Å². The molecule has 2 saturated heterocycles. The summed E-state index contributed by atoms with van der Waals surface area (Å²) in [6.07, 6.45) is 3.11. The number of hydrogen-bond acceptors (Lipinski definition) is 3. The summed E-state index contributed by atoms with van der Waals surface area (Å²) in [4.78, 5) is 14.5. The molecule has 0 aromatic heterocycles. The van der Waals surface area contributed by atoms with E-state index in [-0.39, 0.29) is 29.7 Å². The first-order valence-corrected chi connectivity index (χ1v) is 7.17. The molecule has 20 heavy (non-hydrogen) atoms. The van der Waals surface area contributed by atoms with Gasteiger partial charge < -0.3 is 4.74 Å². The predicted molar refractivity (Wildman–Crippen MR) is 73.8 cm³/mol. The highest BCUT2D eigenvalue weighted by Gasteiger charge is 2.49. The molecule has 2 bridgehead atoms. The SMILES string of the molecule is COC(=O)C1C(c2ccc(F)cc2)CC2CC[C@H]1N2C. The van der Waals surface area contributed by atoms with Crippen molar-refractivity contribution in [1.29, 1.82) is 0 Å². The van der Waals surface area contributed by atoms with E-state index in [1.54, 1.807) is 12.1 Å². The van der Waals surface area contributed by atoms with Crippen molar-refractivity contribution < 1.29 is 13.9 Å². The quantitative estimate of drug-likeness (QED) is 0.778. The van der Waals surface area contributed by atoms with Crippen LogP contribution in [0.3, 0.4) is 0 Å². The Kier molecular flexibility index (Phi) is 3.50. The second-order valence-corrected chi connectivity index (χ2v) is 5.91. The number of hydrogen-bond donors (Lipinski definition) is 0. The lowest BCUT2D eigenvalue weighted by Crippen LogP contribution is -2.49. The summed E-state index contributed by atoms with van der Waals surface area (Å²) in [6, 6.07) is 7.34. The molecule has 0 saturated carbocycles. The molecule has 2 aliphatic rings. The minimum Gasteiger partial charge on any atom is -0.469 e. The van der Waals surface area contributed by atoms with Crippen molar-refractivity contribution in [3.63, 3.8) is 0 Å². The van der Waals surface area contributed by atoms with Crippen molar-refractivity contribution in [1.82, 2.24) is 4.90 Å². The van der Waals surface area contributed by atoms with Crippen LogP contribution in [0, 0.1) is 11.7 Å². The normalized spacial score (nSPS) is 33.1. The Labute approximate surface area is 118 Å². The monoisotopic (exact) mass is 277 g/mol. The second-order valence-electron chi connectivity index (χ2n) is 5.91. The smallest absolute Gasteiger partial charge is 0.310 e. The lowest BCUT2D eigenvalue weighted by Gasteiger charge is -2.41. The Morgan fingerprint density at radius 3 is 2.65 bits per heavy atom. The standard InChI is InChI=1S/C16H20FNO2/c1-18-12-7-8-14(18)15(16(19)20-2)13(9-12)10-3-5-11(17)6-4-10/h3-6,12-15H,7-9H2,1-2H3/t12?,13?,14-,15?/m1/s1. The number of carbonyl (C=O) groups excluding carboxylic acids is 1. The fourth-order valence-corrected chi connectivity index (χ4v) is 3.98. The molecule has 1 aromatic rings. The number of benzene rings is 1. The van der Waals surface area contributed by atoms with Gasteiger partial charge in [0.1, 0.15) is 5.82 Å². The van der Waals surface area contributed by atoms with Crippen molar-refractivity contribution in [2.45, 2.75) is 37.3 Å². The van der Waals surface area contributed by atoms with Crippen LogP contribution in [0.25, 0.3) is 0 Å². The van der Waals surface area contributed by atoms with Gasteiger partial charge in [0, 0.05) is 18.0 Å². The number of piperidine rings is 1. The Morgan fingerprint density at radius 1 is 1.30 bits per heavy atom. The van der Waals surface area contributed by atoms with Crippen LogP contribution < -0.4 is 0 Å². The number of fused-ring (bicyclic) bond motifs is 2. The molecule has 0 amide bonds. The molecular formula is C16H20FNO2. The molecule has 2 aliphatic heterocycles. The number of nitrogens with zero attached hydrogens (tertiary/aromatic N) is 1. The van der Waals surface area contributed by atoms with Gasteiger partial charge in [0.25, 0.3) is 0 Å². The summed E-state index contributed by atoms with van der Waals surface area (Å²) < 4.78 is 18.1. The number of esters is 1. The van der Waals surface area contributed by atoms with Crippen molar-refractivity contribution in [3.05, 3.63) is 35.6 Å². The topological polar surface area (TPSA) is 29.5 Å². The molecule has 3 unspecified atom stereocenters. The fraction of sp³-hybridized carbons (Fsp3) is 0.562. The fourth-order valence-electron chi connectivity index (χ4n) is 3.98. The Bertz CT molecular complexity index is 502. The maximum atomic E-state index is 13.1. The third-order valence-corrected chi connectivity index (χ3v) is 5.04. The number of methoxy groups -OCH3 is 1. The molecule has 2 fully saturated rings. The molecular weight excluding hydrogens is 257 g/mol. The van der Waals surface area contributed by atoms with Gasteiger partial charge in [-0.2, -0.15) is 0 Å². The number of carbonyl (C=O) groups is 1. The molecule has 3 rings (SSSR count). The van der Waals surface area contributed by atoms with Crippen molar-refractivity contribution in [2.24, 2.45) is 5.92 Å². The van der Waals surface area contributed by atoms with Crippen LogP contribution in [0.2, 0.25) is 0 Å². The first kappa shape index (κ1) is 13.6. The maximum absolute atomic E-state index is 13.1. The van der Waals surface area contributed by atoms with Gasteiger partial charge in [0.2, 0.25) is 0 Å². The zero-order valence-corrected chi connectivity index (χ0v) is 11.9. The number of ether oxygens (including phenoxy) is 1. The van der Waals surface area contributed by atoms with Crippen molar-refractivity contribution in [3.8, 4) is 0 Å². The Morgan fingerprint density at radius 2 is 2.00 bits per heavy atom. The third-order valence-electron chi connectivity index (χ3n) is 5.04. The molecule has 2 heterocycles. The second kappa shape index (κ2) is 5.17. The van der Waals surface area contributed by atoms with E-state index in [9.17, 15) is 9.18 Å². The van der Waals surface area contributed by atoms with Crippen LogP contribution in [0.4, 0.5) is 4.39 Å². The van der Waals surface area contributed by atoms with Gasteiger partial charge in [0.05, 0.1) is 13.0 Å². The predicted octanol–water partition coefficient (Wildman–Crippen LogP) is 2.57. The van der Waals surface area contributed by atoms with Crippen LogP contribution in [-0.2, 0) is 9.53 Å². The molecule has 0 aliphatic carbocycles. The van der Waals surface area contributed by atoms with E-state index in [2.05, 4.69) is 11.9 Å². The van der Waals surface area contributed by atoms with Gasteiger partial charge in [-0.05, 0) is 44.0 Å². The summed E-state index contributed by atoms with van der Waals surface area (Å²) in [5.41, 5.74) is 1.05. The van der Waals surface area contributed by atoms with Crippen LogP contribution in [0.1, 0.15) is 30.7 Å². The van der Waals surface area contributed by atoms with Gasteiger partial charge in [0.15, 0.2) is 0 Å². The van der Waals surface area contributed by atoms with E-state index in [1.807, 2.05) is 0 Å². The summed E-state index contributed by atoms with van der Waals surface area (Å²) in [7, 11) is 3.55. The van der Waals surface area contributed by atoms with Crippen LogP contribution in [0.5, 0.6) is 0 Å². The molecule has 4 atom stereocenters. The van der Waals surface area contributed by atoms with Crippen LogP contribution >= 0.6 is 0 Å². The van der Waals surface area contributed by atoms with Crippen molar-refractivity contribution in [2.75, 3.05) is 14.2 Å². The van der Waals surface area contributed by atoms with E-state index < -0.39 is 0 Å². The highest BCUT2D eigenvalue weighted by atomic mass is 19.1. The molecule has 3 nitrogen and oxygen atoms in total. The number of halogens is 1. The maximum Gasteiger partial charge on any atom is 0.310 e. The zero-order chi connectivity index (χ0) is 14.3. The summed E-state index contributed by atoms with van der Waals surface area (Å²) in [6.45, 7) is 0. The van der Waals surface area contributed by atoms with E-state index in [4.69, 9.17) is 4.74 Å². The molecule has 0 spiro atoms. The first-order valence-electron chi connectivity index (χ1n) is 7.17. The number of rotatable bonds is 2. The van der Waals surface area contributed by atoms with Crippen LogP contribution in [-0.4, -0.2) is 37.1 Å². The largest absolute Gasteiger partial charge is 0.469 e. The minimum absolute atomic E-state index is 0.136. The highest BCUT2D eigenvalue weighted by Crippen LogP contribution is 2.46. The van der Waals surface area contributed by atoms with Gasteiger partial charge in [-0.25, -0.2) is 4.39 Å². The molecule has 1 aromatic carbocycles. The van der Waals surface area contributed by atoms with Crippen molar-refractivity contribution >= 4 is 5.97 Å². The average Bonchev–Trinajstić information content (AvgIpc) is 2.70. The Hall–Kier alpha value is -1.42. The minimum atomic E-state index is -0.237. The van der Waals surface area contributed by atoms with E-state index >= 15 is 0 Å². The highest BCUT2D eigenvalue weighted by molar-refractivity contribution is 5.75. The van der Waals surface area contributed by atoms with Crippen LogP contribution in [0.15, 0.2) is 24.3 Å². The lowest BCUT2D eigenvalue weighted by molar-refractivity contribution is -0.150. The van der Waals surface area contributed by atoms with E-state index in [0.717, 1.165) is 24.8 Å². The van der Waals surface area contributed by atoms with Gasteiger partial charge in [-0.1, -0.05) is 12.1 Å². The molecule has 0 radical (unpaired) electrons. The van der Waals surface area contributed by atoms with Gasteiger partial charge in [-0.15, -0.1) is 0 Å². The summed E-state index contributed by atoms with van der Waals surface area (Å²) in [5, 5.41) is 0. The van der Waals surface area contributed by atoms with E-state index in [1.165, 1.54) is 19.2 Å². The molecule has 108 valence electrons. The summed E-state index contributed by atoms with van der Waals surface area (Å²) in [5.74, 6) is -0.387. The molecule has 0 N–H and O–H groups in total. The summed E-state index contributed by atoms with van der Waals surface area (Å²) >= 11 is 0. The zero-order valence-electron chi connectivity index (χ0n) is 11.9. The first-order chi connectivity index (χ1) is 9.61. The average molecular weight is 277 g/mol.